The van der Waals surface area contributed by atoms with Crippen molar-refractivity contribution in [3.63, 3.8) is 0 Å². The van der Waals surface area contributed by atoms with Crippen LogP contribution in [0.25, 0.3) is 0 Å². The third-order valence-corrected chi connectivity index (χ3v) is 3.20. The first-order chi connectivity index (χ1) is 7.02. The van der Waals surface area contributed by atoms with Gasteiger partial charge >= 0.3 is 0 Å². The molecule has 1 fully saturated rings. The quantitative estimate of drug-likeness (QED) is 0.772. The molecule has 1 rings (SSSR count). The van der Waals surface area contributed by atoms with Crippen LogP contribution in [0, 0.1) is 5.92 Å². The molecule has 1 aliphatic heterocycles. The van der Waals surface area contributed by atoms with Crippen LogP contribution in [0.2, 0.25) is 0 Å². The molecule has 0 saturated carbocycles. The fourth-order valence-electron chi connectivity index (χ4n) is 2.29. The maximum absolute atomic E-state index is 11.9. The molecule has 0 aromatic heterocycles. The van der Waals surface area contributed by atoms with E-state index in [1.54, 1.807) is 0 Å². The lowest BCUT2D eigenvalue weighted by Gasteiger charge is -2.28. The van der Waals surface area contributed by atoms with Crippen LogP contribution in [0.1, 0.15) is 46.5 Å². The minimum absolute atomic E-state index is 0.133. The van der Waals surface area contributed by atoms with Gasteiger partial charge in [-0.1, -0.05) is 13.8 Å². The summed E-state index contributed by atoms with van der Waals surface area (Å²) in [6.45, 7) is 7.29. The van der Waals surface area contributed by atoms with Crippen LogP contribution in [-0.4, -0.2) is 29.4 Å². The van der Waals surface area contributed by atoms with Crippen molar-refractivity contribution in [3.05, 3.63) is 0 Å². The van der Waals surface area contributed by atoms with Gasteiger partial charge in [-0.05, 0) is 32.1 Å². The third kappa shape index (κ3) is 3.49. The first-order valence-electron chi connectivity index (χ1n) is 6.07. The lowest BCUT2D eigenvalue weighted by molar-refractivity contribution is -0.132. The summed E-state index contributed by atoms with van der Waals surface area (Å²) in [6, 6.07) is 0.597. The zero-order chi connectivity index (χ0) is 11.4. The summed E-state index contributed by atoms with van der Waals surface area (Å²) in [5.41, 5.74) is 5.66. The fraction of sp³-hybridized carbons (Fsp3) is 0.917. The minimum atomic E-state index is 0.133. The predicted octanol–water partition coefficient (Wildman–Crippen LogP) is 1.76. The van der Waals surface area contributed by atoms with Crippen molar-refractivity contribution < 1.29 is 4.79 Å². The summed E-state index contributed by atoms with van der Waals surface area (Å²) < 4.78 is 0. The van der Waals surface area contributed by atoms with Crippen LogP contribution in [0.15, 0.2) is 0 Å². The largest absolute Gasteiger partial charge is 0.339 e. The van der Waals surface area contributed by atoms with Gasteiger partial charge in [0.05, 0.1) is 0 Å². The zero-order valence-electron chi connectivity index (χ0n) is 10.2. The number of rotatable bonds is 4. The molecule has 3 heteroatoms. The van der Waals surface area contributed by atoms with Crippen LogP contribution < -0.4 is 5.73 Å². The molecule has 1 heterocycles. The first kappa shape index (κ1) is 12.5. The average molecular weight is 212 g/mol. The lowest BCUT2D eigenvalue weighted by Crippen LogP contribution is -2.38. The maximum atomic E-state index is 11.9. The second kappa shape index (κ2) is 5.50. The van der Waals surface area contributed by atoms with E-state index in [0.29, 0.717) is 24.3 Å². The van der Waals surface area contributed by atoms with Crippen LogP contribution in [-0.2, 0) is 4.79 Å². The van der Waals surface area contributed by atoms with E-state index in [4.69, 9.17) is 5.73 Å². The van der Waals surface area contributed by atoms with Gasteiger partial charge in [-0.3, -0.25) is 4.79 Å². The van der Waals surface area contributed by atoms with Gasteiger partial charge in [0.25, 0.3) is 0 Å². The zero-order valence-corrected chi connectivity index (χ0v) is 10.2. The molecule has 2 atom stereocenters. The summed E-state index contributed by atoms with van der Waals surface area (Å²) in [4.78, 5) is 14.0. The van der Waals surface area contributed by atoms with Crippen molar-refractivity contribution in [3.8, 4) is 0 Å². The van der Waals surface area contributed by atoms with E-state index in [1.165, 1.54) is 6.42 Å². The van der Waals surface area contributed by atoms with Gasteiger partial charge in [0.15, 0.2) is 0 Å². The Labute approximate surface area is 93.0 Å². The van der Waals surface area contributed by atoms with Gasteiger partial charge in [0.1, 0.15) is 0 Å². The Bertz CT molecular complexity index is 214. The Morgan fingerprint density at radius 2 is 2.13 bits per heavy atom. The Hall–Kier alpha value is -0.570. The molecule has 0 spiro atoms. The van der Waals surface area contributed by atoms with Gasteiger partial charge in [-0.15, -0.1) is 0 Å². The monoisotopic (exact) mass is 212 g/mol. The van der Waals surface area contributed by atoms with Gasteiger partial charge in [-0.2, -0.15) is 0 Å². The summed E-state index contributed by atoms with van der Waals surface area (Å²) in [5.74, 6) is 0.871. The number of hydrogen-bond acceptors (Lipinski definition) is 2. The van der Waals surface area contributed by atoms with Gasteiger partial charge in [0, 0.05) is 25.0 Å². The van der Waals surface area contributed by atoms with Crippen molar-refractivity contribution in [1.82, 2.24) is 4.90 Å². The van der Waals surface area contributed by atoms with Crippen LogP contribution in [0.5, 0.6) is 0 Å². The van der Waals surface area contributed by atoms with Gasteiger partial charge < -0.3 is 10.6 Å². The Morgan fingerprint density at radius 1 is 1.47 bits per heavy atom. The molecular weight excluding hydrogens is 188 g/mol. The number of carbonyl (C=O) groups is 1. The molecule has 0 aliphatic carbocycles. The highest BCUT2D eigenvalue weighted by Crippen LogP contribution is 2.24. The van der Waals surface area contributed by atoms with Crippen LogP contribution in [0.3, 0.4) is 0 Å². The summed E-state index contributed by atoms with van der Waals surface area (Å²) in [7, 11) is 0. The van der Waals surface area contributed by atoms with Crippen molar-refractivity contribution in [2.75, 3.05) is 6.54 Å². The number of nitrogens with zero attached hydrogens (tertiary/aromatic N) is 1. The third-order valence-electron chi connectivity index (χ3n) is 3.20. The number of hydrogen-bond donors (Lipinski definition) is 1. The van der Waals surface area contributed by atoms with Crippen molar-refractivity contribution in [2.45, 2.75) is 58.5 Å². The minimum Gasteiger partial charge on any atom is -0.339 e. The predicted molar refractivity (Wildman–Crippen MR) is 62.5 cm³/mol. The molecule has 1 saturated heterocycles. The van der Waals surface area contributed by atoms with Gasteiger partial charge in [0.2, 0.25) is 5.91 Å². The summed E-state index contributed by atoms with van der Waals surface area (Å²) in [5, 5.41) is 0. The van der Waals surface area contributed by atoms with E-state index in [1.807, 2.05) is 6.92 Å². The molecule has 15 heavy (non-hydrogen) atoms. The van der Waals surface area contributed by atoms with Gasteiger partial charge in [-0.25, -0.2) is 0 Å². The molecule has 2 unspecified atom stereocenters. The van der Waals surface area contributed by atoms with Crippen LogP contribution in [0.4, 0.5) is 0 Å². The first-order valence-corrected chi connectivity index (χ1v) is 6.07. The van der Waals surface area contributed by atoms with E-state index in [-0.39, 0.29) is 6.04 Å². The fourth-order valence-corrected chi connectivity index (χ4v) is 2.29. The molecule has 2 N–H and O–H groups in total. The molecular formula is C12H24N2O. The molecule has 3 nitrogen and oxygen atoms in total. The number of carbonyl (C=O) groups excluding carboxylic acids is 1. The molecule has 0 bridgehead atoms. The van der Waals surface area contributed by atoms with E-state index in [0.717, 1.165) is 19.4 Å². The van der Waals surface area contributed by atoms with E-state index >= 15 is 0 Å². The highest BCUT2D eigenvalue weighted by atomic mass is 16.2. The summed E-state index contributed by atoms with van der Waals surface area (Å²) in [6.07, 6.45) is 3.75. The van der Waals surface area contributed by atoms with Crippen LogP contribution >= 0.6 is 0 Å². The van der Waals surface area contributed by atoms with E-state index < -0.39 is 0 Å². The number of amides is 1. The van der Waals surface area contributed by atoms with Crippen molar-refractivity contribution in [1.29, 1.82) is 0 Å². The smallest absolute Gasteiger partial charge is 0.222 e. The Kier molecular flexibility index (Phi) is 4.58. The van der Waals surface area contributed by atoms with E-state index in [9.17, 15) is 4.79 Å². The molecule has 1 aliphatic rings. The second-order valence-electron chi connectivity index (χ2n) is 5.06. The number of nitrogens with two attached hydrogens (primary N) is 1. The standard InChI is InChI=1S/C12H24N2O/c1-9(2)11-5-4-8-14(11)12(15)7-6-10(3)13/h9-11H,4-8,13H2,1-3H3. The highest BCUT2D eigenvalue weighted by molar-refractivity contribution is 5.76. The number of likely N-dealkylation sites (tertiary alicyclic amines) is 1. The molecule has 88 valence electrons. The van der Waals surface area contributed by atoms with Crippen molar-refractivity contribution >= 4 is 5.91 Å². The molecule has 0 aromatic carbocycles. The summed E-state index contributed by atoms with van der Waals surface area (Å²) >= 11 is 0. The average Bonchev–Trinajstić information content (AvgIpc) is 2.62. The normalized spacial score (nSPS) is 23.5. The highest BCUT2D eigenvalue weighted by Gasteiger charge is 2.30. The molecule has 1 amide bonds. The van der Waals surface area contributed by atoms with Crippen molar-refractivity contribution in [2.24, 2.45) is 11.7 Å². The second-order valence-corrected chi connectivity index (χ2v) is 5.06. The Balaban J connectivity index is 2.44. The maximum Gasteiger partial charge on any atom is 0.222 e. The van der Waals surface area contributed by atoms with E-state index in [2.05, 4.69) is 18.7 Å². The molecule has 0 aromatic rings. The lowest BCUT2D eigenvalue weighted by atomic mass is 10.0. The SMILES string of the molecule is CC(N)CCC(=O)N1CCCC1C(C)C. The molecule has 0 radical (unpaired) electrons. The Morgan fingerprint density at radius 3 is 2.67 bits per heavy atom. The topological polar surface area (TPSA) is 46.3 Å².